The van der Waals surface area contributed by atoms with Crippen molar-refractivity contribution in [3.8, 4) is 0 Å². The first-order chi connectivity index (χ1) is 24.3. The number of allylic oxidation sites excluding steroid dienone is 2. The summed E-state index contributed by atoms with van der Waals surface area (Å²) in [5, 5.41) is 1.80. The van der Waals surface area contributed by atoms with E-state index in [9.17, 15) is 0 Å². The number of hydrogen-bond donors (Lipinski definition) is 0. The first-order valence-corrected chi connectivity index (χ1v) is 26.0. The zero-order valence-electron chi connectivity index (χ0n) is 29.4. The Bertz CT molecular complexity index is 1870. The van der Waals surface area contributed by atoms with Gasteiger partial charge >= 0.3 is 55.8 Å². The smallest absolute Gasteiger partial charge is 0.161 e. The molecule has 1 aliphatic rings. The first-order valence-electron chi connectivity index (χ1n) is 16.5. The molecular formula is C43H41BiCl2O3P3Zr-. The minimum Gasteiger partial charge on any atom is -0.312 e. The molecule has 1 aliphatic heterocycles. The van der Waals surface area contributed by atoms with Gasteiger partial charge in [0.25, 0.3) is 0 Å². The first kappa shape index (κ1) is 45.2. The largest absolute Gasteiger partial charge is 0.312 e. The summed E-state index contributed by atoms with van der Waals surface area (Å²) in [5.41, 5.74) is 2.88. The van der Waals surface area contributed by atoms with Gasteiger partial charge in [0.1, 0.15) is 5.14 Å². The summed E-state index contributed by atoms with van der Waals surface area (Å²) in [6.45, 7) is 4.31. The van der Waals surface area contributed by atoms with Crippen LogP contribution in [0.3, 0.4) is 0 Å². The molecule has 10 heteroatoms. The van der Waals surface area contributed by atoms with E-state index < -0.39 is 49.8 Å². The predicted molar refractivity (Wildman–Crippen MR) is 231 cm³/mol. The van der Waals surface area contributed by atoms with Crippen LogP contribution in [0.5, 0.6) is 0 Å². The fraction of sp³-hybridized carbons (Fsp3) is 0.0698. The molecule has 0 spiro atoms. The van der Waals surface area contributed by atoms with Crippen LogP contribution in [0.2, 0.25) is 0 Å². The van der Waals surface area contributed by atoms with Crippen LogP contribution in [0, 0.1) is 3.78 Å². The van der Waals surface area contributed by atoms with Crippen LogP contribution in [0.1, 0.15) is 13.8 Å². The van der Waals surface area contributed by atoms with Gasteiger partial charge in [-0.05, 0) is 0 Å². The molecule has 0 aliphatic carbocycles. The normalized spacial score (nSPS) is 12.4. The van der Waals surface area contributed by atoms with E-state index in [1.807, 2.05) is 182 Å². The molecule has 0 bridgehead atoms. The van der Waals surface area contributed by atoms with Crippen molar-refractivity contribution >= 4 is 101 Å². The second-order valence-electron chi connectivity index (χ2n) is 12.1. The molecule has 0 unspecified atom stereocenters. The van der Waals surface area contributed by atoms with E-state index in [0.29, 0.717) is 31.8 Å². The Hall–Kier alpha value is -2.16. The van der Waals surface area contributed by atoms with Crippen LogP contribution in [0.15, 0.2) is 197 Å². The molecule has 3 nitrogen and oxygen atoms in total. The predicted octanol–water partition coefficient (Wildman–Crippen LogP) is 9.20. The molecule has 0 N–H and O–H groups in total. The Balaban J connectivity index is 0.000000681. The molecule has 6 aromatic carbocycles. The fourth-order valence-corrected chi connectivity index (χ4v) is 26.3. The van der Waals surface area contributed by atoms with E-state index in [1.165, 1.54) is 11.1 Å². The van der Waals surface area contributed by atoms with Gasteiger partial charge in [0.05, 0.1) is 0 Å². The SMILES string of the molecule is CC1=[C-][BiH][CH]=C1C.Cl.Cl.O=P(c1ccccc1)(c1ccccc1)C(P(=O)(c1ccccc1)c1ccccc1)P(=O)(c1ccccc1)c1ccccc1.[Zr]. The van der Waals surface area contributed by atoms with Gasteiger partial charge in [-0.1, -0.05) is 182 Å². The summed E-state index contributed by atoms with van der Waals surface area (Å²) in [6, 6.07) is 55.2. The Labute approximate surface area is 357 Å². The Morgan fingerprint density at radius 1 is 0.415 bits per heavy atom. The molecule has 0 fully saturated rings. The summed E-state index contributed by atoms with van der Waals surface area (Å²) in [5.74, 6) is 0. The maximum atomic E-state index is 16.6. The molecule has 0 saturated heterocycles. The Morgan fingerprint density at radius 3 is 0.755 bits per heavy atom. The van der Waals surface area contributed by atoms with Crippen LogP contribution in [-0.2, 0) is 39.9 Å². The van der Waals surface area contributed by atoms with E-state index in [4.69, 9.17) is 0 Å². The monoisotopic (exact) mass is 1070 g/mol. The Morgan fingerprint density at radius 2 is 0.623 bits per heavy atom. The van der Waals surface area contributed by atoms with Gasteiger partial charge in [-0.3, -0.25) is 0 Å². The second kappa shape index (κ2) is 20.7. The summed E-state index contributed by atoms with van der Waals surface area (Å²) in [7, 11) is -11.9. The van der Waals surface area contributed by atoms with Crippen LogP contribution in [0.25, 0.3) is 0 Å². The minimum absolute atomic E-state index is 0. The van der Waals surface area contributed by atoms with Gasteiger partial charge in [0.2, 0.25) is 0 Å². The maximum Gasteiger partial charge on any atom is 0.161 e. The maximum absolute atomic E-state index is 16.6. The van der Waals surface area contributed by atoms with Crippen molar-refractivity contribution in [2.75, 3.05) is 0 Å². The summed E-state index contributed by atoms with van der Waals surface area (Å²) in [4.78, 5) is 0. The van der Waals surface area contributed by atoms with Gasteiger partial charge in [0.15, 0.2) is 21.4 Å². The van der Waals surface area contributed by atoms with Gasteiger partial charge < -0.3 is 13.7 Å². The zero-order valence-corrected chi connectivity index (χ0v) is 40.0. The second-order valence-corrected chi connectivity index (χ2v) is 25.1. The molecule has 7 rings (SSSR count). The molecule has 53 heavy (non-hydrogen) atoms. The van der Waals surface area contributed by atoms with E-state index in [-0.39, 0.29) is 51.0 Å². The van der Waals surface area contributed by atoms with Crippen LogP contribution in [-0.4, -0.2) is 28.4 Å². The van der Waals surface area contributed by atoms with Crippen molar-refractivity contribution < 1.29 is 39.9 Å². The van der Waals surface area contributed by atoms with Crippen LogP contribution < -0.4 is 31.8 Å². The van der Waals surface area contributed by atoms with E-state index in [0.717, 1.165) is 0 Å². The summed E-state index contributed by atoms with van der Waals surface area (Å²) in [6.07, 6.45) is 0. The van der Waals surface area contributed by atoms with Crippen molar-refractivity contribution in [1.29, 1.82) is 0 Å². The summed E-state index contributed by atoms with van der Waals surface area (Å²) < 4.78 is 55.4. The molecule has 0 amide bonds. The molecule has 6 aromatic rings. The minimum atomic E-state index is -3.97. The van der Waals surface area contributed by atoms with Gasteiger partial charge in [-0.15, -0.1) is 24.8 Å². The average Bonchev–Trinajstić information content (AvgIpc) is 3.58. The Kier molecular flexibility index (Phi) is 17.6. The number of benzene rings is 6. The van der Waals surface area contributed by atoms with E-state index in [2.05, 4.69) is 21.4 Å². The molecule has 0 atom stereocenters. The number of halogens is 2. The van der Waals surface area contributed by atoms with Gasteiger partial charge in [0, 0.05) is 58.0 Å². The molecule has 0 aromatic heterocycles. The zero-order chi connectivity index (χ0) is 35.0. The molecule has 0 radical (unpaired) electrons. The standard InChI is InChI=1S/C37H31O3P3.C6H7.Bi.2ClH.Zr.H/c38-41(31-19-7-1-8-20-31,32-21-9-2-10-22-32)37(42(39,33-23-11-3-12-24-33)34-25-13-4-14-26-34)43(40,35-27-15-5-16-28-35)36-29-17-6-18-30-36;1-5(2)6(3)4;;;;;/h1-30,37H;1H,2-3H3;;2*1H;;/q;-1;;;;;. The van der Waals surface area contributed by atoms with Gasteiger partial charge in [-0.2, -0.15) is 0 Å². The molecule has 1 heterocycles. The fourth-order valence-electron chi connectivity index (χ4n) is 6.29. The van der Waals surface area contributed by atoms with E-state index in [1.54, 1.807) is 0 Å². The van der Waals surface area contributed by atoms with Crippen molar-refractivity contribution in [3.63, 3.8) is 0 Å². The van der Waals surface area contributed by atoms with Crippen molar-refractivity contribution in [2.24, 2.45) is 0 Å². The number of hydrogen-bond acceptors (Lipinski definition) is 3. The molecule has 270 valence electrons. The quantitative estimate of drug-likeness (QED) is 0.0826. The average molecular weight is 1070 g/mol. The third kappa shape index (κ3) is 9.45. The van der Waals surface area contributed by atoms with Crippen molar-refractivity contribution in [1.82, 2.24) is 0 Å². The molecule has 0 saturated carbocycles. The van der Waals surface area contributed by atoms with E-state index >= 15 is 13.7 Å². The number of rotatable bonds is 9. The van der Waals surface area contributed by atoms with Gasteiger partial charge in [-0.25, -0.2) is 0 Å². The van der Waals surface area contributed by atoms with Crippen molar-refractivity contribution in [3.05, 3.63) is 201 Å². The van der Waals surface area contributed by atoms with Crippen LogP contribution in [0.4, 0.5) is 0 Å². The topological polar surface area (TPSA) is 51.2 Å². The van der Waals surface area contributed by atoms with Crippen LogP contribution >= 0.6 is 46.2 Å². The third-order valence-electron chi connectivity index (χ3n) is 8.95. The summed E-state index contributed by atoms with van der Waals surface area (Å²) >= 11 is -0.411. The molecular weight excluding hydrogens is 1030 g/mol. The third-order valence-corrected chi connectivity index (χ3v) is 27.4. The van der Waals surface area contributed by atoms with Crippen molar-refractivity contribution in [2.45, 2.75) is 19.0 Å².